The van der Waals surface area contributed by atoms with E-state index >= 15 is 0 Å². The first-order valence-electron chi connectivity index (χ1n) is 4.72. The number of hydrogen-bond acceptors (Lipinski definition) is 4. The highest BCUT2D eigenvalue weighted by Crippen LogP contribution is 2.30. The van der Waals surface area contributed by atoms with Crippen molar-refractivity contribution in [2.24, 2.45) is 5.84 Å². The molecule has 0 aliphatic carbocycles. The molecule has 0 aromatic heterocycles. The van der Waals surface area contributed by atoms with Crippen molar-refractivity contribution in [1.29, 1.82) is 0 Å². The molecule has 90 valence electrons. The molecule has 3 N–H and O–H groups in total. The number of sulfonamides is 1. The Morgan fingerprint density at radius 3 is 2.25 bits per heavy atom. The molecule has 0 radical (unpaired) electrons. The normalized spacial score (nSPS) is 11.6. The minimum Gasteiger partial charge on any atom is -0.496 e. The van der Waals surface area contributed by atoms with Gasteiger partial charge in [0.25, 0.3) is 10.0 Å². The first-order valence-corrected chi connectivity index (χ1v) is 6.20. The van der Waals surface area contributed by atoms with Crippen molar-refractivity contribution < 1.29 is 13.2 Å². The molecule has 0 amide bonds. The fraction of sp³-hybridized carbons (Fsp3) is 0.400. The van der Waals surface area contributed by atoms with Crippen LogP contribution in [-0.2, 0) is 10.0 Å². The summed E-state index contributed by atoms with van der Waals surface area (Å²) in [6.45, 7) is 5.33. The van der Waals surface area contributed by atoms with Crippen molar-refractivity contribution in [3.63, 3.8) is 0 Å². The lowest BCUT2D eigenvalue weighted by Gasteiger charge is -2.15. The summed E-state index contributed by atoms with van der Waals surface area (Å²) in [4.78, 5) is 2.01. The van der Waals surface area contributed by atoms with Gasteiger partial charge in [0, 0.05) is 0 Å². The average molecular weight is 244 g/mol. The molecule has 0 unspecified atom stereocenters. The van der Waals surface area contributed by atoms with Crippen LogP contribution in [0.15, 0.2) is 11.0 Å². The monoisotopic (exact) mass is 244 g/mol. The number of hydrogen-bond donors (Lipinski definition) is 2. The second-order valence-electron chi connectivity index (χ2n) is 3.60. The van der Waals surface area contributed by atoms with Crippen LogP contribution in [0.25, 0.3) is 0 Å². The molecule has 6 heteroatoms. The van der Waals surface area contributed by atoms with Gasteiger partial charge in [-0.25, -0.2) is 8.42 Å². The smallest absolute Gasteiger partial charge is 0.253 e. The van der Waals surface area contributed by atoms with E-state index in [1.54, 1.807) is 27.0 Å². The molecular formula is C10H16N2O3S. The fourth-order valence-corrected chi connectivity index (χ4v) is 2.69. The number of nitrogens with two attached hydrogens (primary N) is 1. The Balaban J connectivity index is 3.59. The van der Waals surface area contributed by atoms with E-state index in [0.29, 0.717) is 11.3 Å². The largest absolute Gasteiger partial charge is 0.496 e. The van der Waals surface area contributed by atoms with Gasteiger partial charge in [0.05, 0.1) is 12.0 Å². The van der Waals surface area contributed by atoms with Crippen molar-refractivity contribution in [2.45, 2.75) is 25.7 Å². The van der Waals surface area contributed by atoms with Crippen molar-refractivity contribution >= 4 is 10.0 Å². The van der Waals surface area contributed by atoms with Crippen molar-refractivity contribution in [3.05, 3.63) is 22.8 Å². The fourth-order valence-electron chi connectivity index (χ4n) is 1.68. The van der Waals surface area contributed by atoms with E-state index < -0.39 is 10.0 Å². The van der Waals surface area contributed by atoms with Gasteiger partial charge in [-0.1, -0.05) is 0 Å². The molecule has 0 aliphatic rings. The van der Waals surface area contributed by atoms with Crippen LogP contribution in [0.1, 0.15) is 16.7 Å². The molecule has 1 rings (SSSR count). The molecule has 5 nitrogen and oxygen atoms in total. The Morgan fingerprint density at radius 1 is 1.25 bits per heavy atom. The molecule has 0 saturated heterocycles. The third-order valence-electron chi connectivity index (χ3n) is 2.63. The second-order valence-corrected chi connectivity index (χ2v) is 5.28. The first-order chi connectivity index (χ1) is 7.35. The highest BCUT2D eigenvalue weighted by atomic mass is 32.2. The first kappa shape index (κ1) is 13.0. The lowest BCUT2D eigenvalue weighted by Crippen LogP contribution is -2.31. The van der Waals surface area contributed by atoms with E-state index in [-0.39, 0.29) is 4.90 Å². The lowest BCUT2D eigenvalue weighted by atomic mass is 10.1. The van der Waals surface area contributed by atoms with Gasteiger partial charge < -0.3 is 4.74 Å². The number of rotatable bonds is 3. The minimum atomic E-state index is -3.63. The predicted molar refractivity (Wildman–Crippen MR) is 61.7 cm³/mol. The summed E-state index contributed by atoms with van der Waals surface area (Å²) in [5.41, 5.74) is 2.20. The van der Waals surface area contributed by atoms with Gasteiger partial charge in [-0.3, -0.25) is 5.84 Å². The zero-order valence-corrected chi connectivity index (χ0v) is 10.6. The lowest BCUT2D eigenvalue weighted by molar-refractivity contribution is 0.407. The Morgan fingerprint density at radius 2 is 1.81 bits per heavy atom. The second kappa shape index (κ2) is 4.40. The molecule has 16 heavy (non-hydrogen) atoms. The molecule has 0 saturated carbocycles. The van der Waals surface area contributed by atoms with E-state index in [9.17, 15) is 8.42 Å². The summed E-state index contributed by atoms with van der Waals surface area (Å²) in [5.74, 6) is 5.71. The Bertz CT molecular complexity index is 509. The zero-order chi connectivity index (χ0) is 12.5. The van der Waals surface area contributed by atoms with E-state index in [1.165, 1.54) is 0 Å². The van der Waals surface area contributed by atoms with Gasteiger partial charge in [0.1, 0.15) is 5.75 Å². The Hall–Kier alpha value is -1.11. The molecule has 1 aromatic rings. The van der Waals surface area contributed by atoms with Gasteiger partial charge in [-0.05, 0) is 43.5 Å². The average Bonchev–Trinajstić information content (AvgIpc) is 2.24. The van der Waals surface area contributed by atoms with Crippen molar-refractivity contribution in [2.75, 3.05) is 7.11 Å². The number of nitrogens with one attached hydrogen (secondary N) is 1. The van der Waals surface area contributed by atoms with Crippen molar-refractivity contribution in [1.82, 2.24) is 4.83 Å². The molecule has 0 aliphatic heterocycles. The number of benzene rings is 1. The molecule has 0 heterocycles. The van der Waals surface area contributed by atoms with Crippen LogP contribution < -0.4 is 15.4 Å². The number of ether oxygens (including phenoxy) is 1. The topological polar surface area (TPSA) is 81.4 Å². The maximum Gasteiger partial charge on any atom is 0.253 e. The van der Waals surface area contributed by atoms with Gasteiger partial charge in [0.2, 0.25) is 0 Å². The van der Waals surface area contributed by atoms with E-state index in [0.717, 1.165) is 11.1 Å². The third kappa shape index (κ3) is 2.04. The van der Waals surface area contributed by atoms with Gasteiger partial charge >= 0.3 is 0 Å². The van der Waals surface area contributed by atoms with Crippen LogP contribution in [0.4, 0.5) is 0 Å². The maximum absolute atomic E-state index is 11.6. The van der Waals surface area contributed by atoms with Gasteiger partial charge in [0.15, 0.2) is 0 Å². The zero-order valence-electron chi connectivity index (χ0n) is 9.79. The van der Waals surface area contributed by atoms with Crippen LogP contribution >= 0.6 is 0 Å². The van der Waals surface area contributed by atoms with Gasteiger partial charge in [-0.2, -0.15) is 4.83 Å². The number of aryl methyl sites for hydroxylation is 1. The molecule has 1 aromatic carbocycles. The summed E-state index contributed by atoms with van der Waals surface area (Å²) >= 11 is 0. The quantitative estimate of drug-likeness (QED) is 0.608. The Kier molecular flexibility index (Phi) is 3.57. The number of methoxy groups -OCH3 is 1. The van der Waals surface area contributed by atoms with E-state index in [4.69, 9.17) is 10.6 Å². The van der Waals surface area contributed by atoms with Crippen LogP contribution in [0.3, 0.4) is 0 Å². The van der Waals surface area contributed by atoms with E-state index in [2.05, 4.69) is 0 Å². The van der Waals surface area contributed by atoms with Gasteiger partial charge in [-0.15, -0.1) is 0 Å². The van der Waals surface area contributed by atoms with Crippen LogP contribution in [-0.4, -0.2) is 15.5 Å². The molecule has 0 bridgehead atoms. The molecular weight excluding hydrogens is 228 g/mol. The SMILES string of the molecule is COc1c(C)cc(S(=O)(=O)NN)c(C)c1C. The van der Waals surface area contributed by atoms with Crippen LogP contribution in [0.5, 0.6) is 5.75 Å². The molecule has 0 atom stereocenters. The summed E-state index contributed by atoms with van der Waals surface area (Å²) < 4.78 is 28.5. The van der Waals surface area contributed by atoms with Crippen LogP contribution in [0.2, 0.25) is 0 Å². The predicted octanol–water partition coefficient (Wildman–Crippen LogP) is 0.772. The summed E-state index contributed by atoms with van der Waals surface area (Å²) in [5, 5.41) is 0. The molecule has 0 spiro atoms. The van der Waals surface area contributed by atoms with Crippen LogP contribution in [0, 0.1) is 20.8 Å². The summed E-state index contributed by atoms with van der Waals surface area (Å²) in [6.07, 6.45) is 0. The van der Waals surface area contributed by atoms with Crippen molar-refractivity contribution in [3.8, 4) is 5.75 Å². The third-order valence-corrected chi connectivity index (χ3v) is 3.94. The number of hydrazine groups is 1. The highest BCUT2D eigenvalue weighted by Gasteiger charge is 2.19. The standard InChI is InChI=1S/C10H16N2O3S/c1-6-5-9(16(13,14)12-11)7(2)8(3)10(6)15-4/h5,12H,11H2,1-4H3. The molecule has 0 fully saturated rings. The van der Waals surface area contributed by atoms with E-state index in [1.807, 2.05) is 11.8 Å². The Labute approximate surface area is 95.6 Å². The highest BCUT2D eigenvalue weighted by molar-refractivity contribution is 7.89. The minimum absolute atomic E-state index is 0.186. The summed E-state index contributed by atoms with van der Waals surface area (Å²) in [6, 6.07) is 1.55. The maximum atomic E-state index is 11.6. The summed E-state index contributed by atoms with van der Waals surface area (Å²) in [7, 11) is -2.07.